The Morgan fingerprint density at radius 2 is 1.87 bits per heavy atom. The molecule has 2 heterocycles. The highest BCUT2D eigenvalue weighted by Crippen LogP contribution is 2.36. The molecule has 1 atom stereocenters. The maximum atomic E-state index is 13.1. The van der Waals surface area contributed by atoms with Crippen LogP contribution < -0.4 is 5.32 Å². The molecule has 1 N–H and O–H groups in total. The molecule has 1 aliphatic carbocycles. The summed E-state index contributed by atoms with van der Waals surface area (Å²) in [6.07, 6.45) is 7.28. The number of carbonyl (C=O) groups is 2. The van der Waals surface area contributed by atoms with Crippen LogP contribution in [0.4, 0.5) is 0 Å². The second-order valence-electron chi connectivity index (χ2n) is 9.12. The van der Waals surface area contributed by atoms with Crippen LogP contribution in [-0.2, 0) is 9.53 Å². The van der Waals surface area contributed by atoms with Gasteiger partial charge in [0.2, 0.25) is 5.91 Å². The Kier molecular flexibility index (Phi) is 8.41. The van der Waals surface area contributed by atoms with Crippen molar-refractivity contribution in [2.75, 3.05) is 26.2 Å². The predicted molar refractivity (Wildman–Crippen MR) is 120 cm³/mol. The van der Waals surface area contributed by atoms with Crippen LogP contribution in [0.15, 0.2) is 6.20 Å². The smallest absolute Gasteiger partial charge is 0.257 e. The Bertz CT molecular complexity index is 749. The van der Waals surface area contributed by atoms with Crippen LogP contribution in [0.1, 0.15) is 99.9 Å². The number of amides is 2. The van der Waals surface area contributed by atoms with E-state index in [0.717, 1.165) is 50.0 Å². The quantitative estimate of drug-likeness (QED) is 0.680. The minimum atomic E-state index is -0.263. The molecule has 0 bridgehead atoms. The third-order valence-corrected chi connectivity index (χ3v) is 6.65. The number of carbonyl (C=O) groups excluding carboxylic acids is 2. The van der Waals surface area contributed by atoms with Gasteiger partial charge in [-0.15, -0.1) is 0 Å². The Labute approximate surface area is 186 Å². The van der Waals surface area contributed by atoms with Gasteiger partial charge in [0, 0.05) is 44.3 Å². The normalized spacial score (nSPS) is 23.7. The number of hydrogen-bond acceptors (Lipinski definition) is 5. The van der Waals surface area contributed by atoms with E-state index >= 15 is 0 Å². The van der Waals surface area contributed by atoms with Crippen LogP contribution in [0.2, 0.25) is 0 Å². The largest absolute Gasteiger partial charge is 0.368 e. The van der Waals surface area contributed by atoms with Gasteiger partial charge in [0.25, 0.3) is 5.91 Å². The lowest BCUT2D eigenvalue weighted by Crippen LogP contribution is -2.38. The van der Waals surface area contributed by atoms with E-state index in [-0.39, 0.29) is 29.8 Å². The van der Waals surface area contributed by atoms with Crippen LogP contribution in [0.5, 0.6) is 0 Å². The van der Waals surface area contributed by atoms with Gasteiger partial charge in [0.15, 0.2) is 0 Å². The second-order valence-corrected chi connectivity index (χ2v) is 9.12. The highest BCUT2D eigenvalue weighted by Gasteiger charge is 2.30. The minimum absolute atomic E-state index is 0.0289. The average molecular weight is 431 g/mol. The van der Waals surface area contributed by atoms with E-state index in [0.29, 0.717) is 37.7 Å². The summed E-state index contributed by atoms with van der Waals surface area (Å²) in [7, 11) is 0. The number of rotatable bonds is 8. The van der Waals surface area contributed by atoms with Gasteiger partial charge in [-0.25, -0.2) is 9.97 Å². The van der Waals surface area contributed by atoms with Crippen molar-refractivity contribution in [1.29, 1.82) is 0 Å². The van der Waals surface area contributed by atoms with Crippen LogP contribution in [0, 0.1) is 5.92 Å². The van der Waals surface area contributed by atoms with Crippen molar-refractivity contribution in [3.63, 3.8) is 0 Å². The van der Waals surface area contributed by atoms with Gasteiger partial charge in [-0.05, 0) is 58.3 Å². The molecular weight excluding hydrogens is 392 g/mol. The van der Waals surface area contributed by atoms with Gasteiger partial charge in [-0.1, -0.05) is 13.8 Å². The van der Waals surface area contributed by atoms with Crippen molar-refractivity contribution >= 4 is 11.8 Å². The summed E-state index contributed by atoms with van der Waals surface area (Å²) < 4.78 is 5.47. The predicted octanol–water partition coefficient (Wildman–Crippen LogP) is 3.65. The number of nitrogens with zero attached hydrogens (tertiary/aromatic N) is 3. The van der Waals surface area contributed by atoms with Crippen LogP contribution in [0.3, 0.4) is 0 Å². The topological polar surface area (TPSA) is 84.4 Å². The average Bonchev–Trinajstić information content (AvgIpc) is 3.33. The maximum Gasteiger partial charge on any atom is 0.257 e. The van der Waals surface area contributed by atoms with E-state index in [1.807, 2.05) is 18.7 Å². The molecule has 1 aliphatic heterocycles. The maximum absolute atomic E-state index is 13.1. The zero-order valence-corrected chi connectivity index (χ0v) is 19.5. The van der Waals surface area contributed by atoms with E-state index in [9.17, 15) is 9.59 Å². The van der Waals surface area contributed by atoms with Gasteiger partial charge in [-0.2, -0.15) is 0 Å². The standard InChI is InChI=1S/C24H38N4O3/c1-5-28(6-2)24(30)19-15-25-22(16(3)4)27-21(19)18-11-9-17(10-12-18)14-26-23(29)20-8-7-13-31-20/h15-18,20H,5-14H2,1-4H3,(H,26,29). The first kappa shape index (κ1) is 23.6. The fourth-order valence-corrected chi connectivity index (χ4v) is 4.63. The zero-order chi connectivity index (χ0) is 22.4. The molecular formula is C24H38N4O3. The number of nitrogens with one attached hydrogen (secondary N) is 1. The Hall–Kier alpha value is -2.02. The molecule has 2 amide bonds. The fraction of sp³-hybridized carbons (Fsp3) is 0.750. The molecule has 2 aliphatic rings. The highest BCUT2D eigenvalue weighted by molar-refractivity contribution is 5.95. The first-order chi connectivity index (χ1) is 14.9. The first-order valence-electron chi connectivity index (χ1n) is 12.0. The Balaban J connectivity index is 1.65. The molecule has 1 saturated heterocycles. The first-order valence-corrected chi connectivity index (χ1v) is 12.0. The molecule has 31 heavy (non-hydrogen) atoms. The zero-order valence-electron chi connectivity index (χ0n) is 19.5. The third kappa shape index (κ3) is 5.82. The summed E-state index contributed by atoms with van der Waals surface area (Å²) in [5, 5.41) is 3.08. The van der Waals surface area contributed by atoms with Gasteiger partial charge in [-0.3, -0.25) is 9.59 Å². The lowest BCUT2D eigenvalue weighted by Gasteiger charge is -2.30. The Morgan fingerprint density at radius 1 is 1.16 bits per heavy atom. The van der Waals surface area contributed by atoms with Crippen molar-refractivity contribution in [1.82, 2.24) is 20.2 Å². The lowest BCUT2D eigenvalue weighted by molar-refractivity contribution is -0.130. The van der Waals surface area contributed by atoms with Crippen molar-refractivity contribution in [3.05, 3.63) is 23.3 Å². The molecule has 3 rings (SSSR count). The van der Waals surface area contributed by atoms with E-state index < -0.39 is 0 Å². The molecule has 0 aromatic carbocycles. The summed E-state index contributed by atoms with van der Waals surface area (Å²) >= 11 is 0. The summed E-state index contributed by atoms with van der Waals surface area (Å²) in [5.74, 6) is 1.82. The fourth-order valence-electron chi connectivity index (χ4n) is 4.63. The van der Waals surface area contributed by atoms with E-state index in [1.165, 1.54) is 0 Å². The van der Waals surface area contributed by atoms with Gasteiger partial charge in [0.1, 0.15) is 11.9 Å². The van der Waals surface area contributed by atoms with E-state index in [4.69, 9.17) is 9.72 Å². The lowest BCUT2D eigenvalue weighted by atomic mass is 9.79. The summed E-state index contributed by atoms with van der Waals surface area (Å²) in [6.45, 7) is 10.9. The van der Waals surface area contributed by atoms with Crippen molar-refractivity contribution < 1.29 is 14.3 Å². The molecule has 0 spiro atoms. The third-order valence-electron chi connectivity index (χ3n) is 6.65. The van der Waals surface area contributed by atoms with Crippen LogP contribution >= 0.6 is 0 Å². The minimum Gasteiger partial charge on any atom is -0.368 e. The molecule has 172 valence electrons. The van der Waals surface area contributed by atoms with E-state index in [2.05, 4.69) is 24.1 Å². The molecule has 7 nitrogen and oxygen atoms in total. The number of ether oxygens (including phenoxy) is 1. The van der Waals surface area contributed by atoms with Crippen molar-refractivity contribution in [3.8, 4) is 0 Å². The Morgan fingerprint density at radius 3 is 2.45 bits per heavy atom. The molecule has 1 aromatic heterocycles. The summed E-state index contributed by atoms with van der Waals surface area (Å²) in [4.78, 5) is 36.5. The van der Waals surface area contributed by atoms with Gasteiger partial charge < -0.3 is 15.0 Å². The van der Waals surface area contributed by atoms with Gasteiger partial charge in [0.05, 0.1) is 11.3 Å². The molecule has 2 fully saturated rings. The van der Waals surface area contributed by atoms with Gasteiger partial charge >= 0.3 is 0 Å². The SMILES string of the molecule is CCN(CC)C(=O)c1cnc(C(C)C)nc1C1CCC(CNC(=O)C2CCCO2)CC1. The molecule has 7 heteroatoms. The molecule has 1 saturated carbocycles. The highest BCUT2D eigenvalue weighted by atomic mass is 16.5. The van der Waals surface area contributed by atoms with Crippen LogP contribution in [0.25, 0.3) is 0 Å². The van der Waals surface area contributed by atoms with Crippen molar-refractivity contribution in [2.24, 2.45) is 5.92 Å². The van der Waals surface area contributed by atoms with Crippen LogP contribution in [-0.4, -0.2) is 59.0 Å². The summed E-state index contributed by atoms with van der Waals surface area (Å²) in [5.41, 5.74) is 1.57. The summed E-state index contributed by atoms with van der Waals surface area (Å²) in [6, 6.07) is 0. The van der Waals surface area contributed by atoms with E-state index in [1.54, 1.807) is 6.20 Å². The molecule has 0 radical (unpaired) electrons. The number of aromatic nitrogens is 2. The monoisotopic (exact) mass is 430 g/mol. The molecule has 1 aromatic rings. The molecule has 1 unspecified atom stereocenters. The second kappa shape index (κ2) is 11.0. The van der Waals surface area contributed by atoms with Crippen molar-refractivity contribution in [2.45, 2.75) is 84.2 Å². The number of hydrogen-bond donors (Lipinski definition) is 1.